The van der Waals surface area contributed by atoms with Gasteiger partial charge in [0.25, 0.3) is 5.91 Å². The van der Waals surface area contributed by atoms with Gasteiger partial charge in [-0.2, -0.15) is 15.3 Å². The summed E-state index contributed by atoms with van der Waals surface area (Å²) in [5.41, 5.74) is 6.06. The molecule has 0 spiro atoms. The van der Waals surface area contributed by atoms with E-state index in [1.54, 1.807) is 28.6 Å². The van der Waals surface area contributed by atoms with Crippen LogP contribution >= 0.6 is 0 Å². The molecule has 0 radical (unpaired) electrons. The average Bonchev–Trinajstić information content (AvgIpc) is 2.86. The lowest BCUT2D eigenvalue weighted by Crippen LogP contribution is -2.52. The second-order valence-corrected chi connectivity index (χ2v) is 6.73. The van der Waals surface area contributed by atoms with Crippen molar-refractivity contribution < 1.29 is 4.79 Å². The normalized spacial score (nSPS) is 10.6. The van der Waals surface area contributed by atoms with E-state index >= 15 is 0 Å². The first-order valence-electron chi connectivity index (χ1n) is 9.96. The van der Waals surface area contributed by atoms with E-state index in [4.69, 9.17) is 5.10 Å². The highest BCUT2D eigenvalue weighted by Crippen LogP contribution is 2.22. The van der Waals surface area contributed by atoms with Crippen molar-refractivity contribution in [2.45, 2.75) is 0 Å². The van der Waals surface area contributed by atoms with Crippen LogP contribution in [0.3, 0.4) is 0 Å². The highest BCUT2D eigenvalue weighted by atomic mass is 16.2. The number of hydrogen-bond donors (Lipinski definition) is 1. The average molecular weight is 406 g/mol. The molecule has 0 saturated carbocycles. The highest BCUT2D eigenvalue weighted by Gasteiger charge is 2.20. The zero-order chi connectivity index (χ0) is 21.3. The molecule has 0 saturated heterocycles. The number of hydrogen-bond acceptors (Lipinski definition) is 4. The Morgan fingerprint density at radius 1 is 0.645 bits per heavy atom. The minimum atomic E-state index is -0.236. The van der Waals surface area contributed by atoms with Crippen LogP contribution in [0, 0.1) is 0 Å². The topological polar surface area (TPSA) is 47.9 Å². The molecular formula is C26H22N4O. The quantitative estimate of drug-likeness (QED) is 0.335. The standard InChI is InChI=1S/C26H22N4O/c31-26(23-15-7-2-8-16-23)28-30(25-19-11-4-12-20-25)29(24-17-9-3-10-18-24)27-21-22-13-5-1-6-14-22/h1-21H,(H,28,31)/b27-21+. The van der Waals surface area contributed by atoms with Crippen LogP contribution in [0.2, 0.25) is 0 Å². The molecule has 0 atom stereocenters. The zero-order valence-corrected chi connectivity index (χ0v) is 16.9. The lowest BCUT2D eigenvalue weighted by molar-refractivity contribution is 0.0947. The maximum absolute atomic E-state index is 13.0. The minimum Gasteiger partial charge on any atom is -0.267 e. The largest absolute Gasteiger partial charge is 0.271 e. The summed E-state index contributed by atoms with van der Waals surface area (Å²) < 4.78 is 0. The van der Waals surface area contributed by atoms with E-state index in [0.717, 1.165) is 16.9 Å². The van der Waals surface area contributed by atoms with Crippen molar-refractivity contribution in [3.05, 3.63) is 132 Å². The maximum atomic E-state index is 13.0. The fourth-order valence-electron chi connectivity index (χ4n) is 3.00. The molecule has 1 amide bonds. The van der Waals surface area contributed by atoms with Gasteiger partial charge >= 0.3 is 0 Å². The van der Waals surface area contributed by atoms with Gasteiger partial charge in [-0.25, -0.2) is 5.43 Å². The van der Waals surface area contributed by atoms with E-state index in [9.17, 15) is 4.79 Å². The molecule has 5 heteroatoms. The van der Waals surface area contributed by atoms with Crippen molar-refractivity contribution in [2.24, 2.45) is 5.10 Å². The van der Waals surface area contributed by atoms with Crippen molar-refractivity contribution in [3.63, 3.8) is 0 Å². The number of amides is 1. The zero-order valence-electron chi connectivity index (χ0n) is 16.9. The van der Waals surface area contributed by atoms with E-state index in [1.807, 2.05) is 109 Å². The predicted octanol–water partition coefficient (Wildman–Crippen LogP) is 5.29. The molecule has 0 aromatic heterocycles. The summed E-state index contributed by atoms with van der Waals surface area (Å²) in [5.74, 6) is -0.236. The van der Waals surface area contributed by atoms with E-state index in [2.05, 4.69) is 5.43 Å². The van der Waals surface area contributed by atoms with Gasteiger partial charge < -0.3 is 0 Å². The monoisotopic (exact) mass is 406 g/mol. The molecule has 4 aromatic rings. The lowest BCUT2D eigenvalue weighted by atomic mass is 10.2. The van der Waals surface area contributed by atoms with Crippen LogP contribution in [0.4, 0.5) is 11.4 Å². The summed E-state index contributed by atoms with van der Waals surface area (Å²) in [7, 11) is 0. The third-order valence-corrected chi connectivity index (χ3v) is 4.54. The number of para-hydroxylation sites is 2. The number of benzene rings is 4. The van der Waals surface area contributed by atoms with E-state index in [-0.39, 0.29) is 5.91 Å². The molecule has 0 aliphatic heterocycles. The van der Waals surface area contributed by atoms with Crippen LogP contribution in [0.25, 0.3) is 0 Å². The number of rotatable bonds is 7. The second-order valence-electron chi connectivity index (χ2n) is 6.73. The molecule has 4 aromatic carbocycles. The summed E-state index contributed by atoms with van der Waals surface area (Å²) in [5, 5.41) is 8.02. The van der Waals surface area contributed by atoms with Crippen LogP contribution < -0.4 is 15.7 Å². The summed E-state index contributed by atoms with van der Waals surface area (Å²) >= 11 is 0. The molecule has 1 N–H and O–H groups in total. The minimum absolute atomic E-state index is 0.236. The number of carbonyl (C=O) groups excluding carboxylic acids is 1. The molecule has 152 valence electrons. The Bertz CT molecular complexity index is 1120. The summed E-state index contributed by atoms with van der Waals surface area (Å²) in [6.45, 7) is 0. The Balaban J connectivity index is 1.74. The van der Waals surface area contributed by atoms with Crippen LogP contribution in [-0.4, -0.2) is 12.1 Å². The molecule has 31 heavy (non-hydrogen) atoms. The SMILES string of the molecule is O=C(NN(c1ccccc1)N(/N=C/c1ccccc1)c1ccccc1)c1ccccc1. The molecule has 0 bridgehead atoms. The fraction of sp³-hybridized carbons (Fsp3) is 0. The molecule has 0 heterocycles. The van der Waals surface area contributed by atoms with Gasteiger partial charge in [-0.1, -0.05) is 84.9 Å². The van der Waals surface area contributed by atoms with Crippen LogP contribution in [-0.2, 0) is 0 Å². The third kappa shape index (κ3) is 5.16. The Kier molecular flexibility index (Phi) is 6.36. The molecule has 5 nitrogen and oxygen atoms in total. The molecule has 0 aliphatic rings. The molecule has 0 unspecified atom stereocenters. The van der Waals surface area contributed by atoms with Gasteiger partial charge in [-0.15, -0.1) is 0 Å². The van der Waals surface area contributed by atoms with Gasteiger partial charge in [0.2, 0.25) is 0 Å². The van der Waals surface area contributed by atoms with Crippen LogP contribution in [0.5, 0.6) is 0 Å². The Morgan fingerprint density at radius 2 is 1.13 bits per heavy atom. The Hall–Kier alpha value is -4.38. The van der Waals surface area contributed by atoms with Gasteiger partial charge in [0, 0.05) is 5.56 Å². The first kappa shape index (κ1) is 19.9. The van der Waals surface area contributed by atoms with Crippen molar-refractivity contribution in [2.75, 3.05) is 10.2 Å². The smallest absolute Gasteiger partial charge is 0.267 e. The fourth-order valence-corrected chi connectivity index (χ4v) is 3.00. The van der Waals surface area contributed by atoms with E-state index in [1.165, 1.54) is 0 Å². The number of nitrogens with one attached hydrogen (secondary N) is 1. The number of carbonyl (C=O) groups is 1. The van der Waals surface area contributed by atoms with E-state index < -0.39 is 0 Å². The van der Waals surface area contributed by atoms with Crippen LogP contribution in [0.1, 0.15) is 15.9 Å². The molecule has 4 rings (SSSR count). The summed E-state index contributed by atoms with van der Waals surface area (Å²) in [6.07, 6.45) is 1.76. The van der Waals surface area contributed by atoms with Gasteiger partial charge in [-0.3, -0.25) is 4.79 Å². The van der Waals surface area contributed by atoms with Gasteiger partial charge in [-0.05, 0) is 42.0 Å². The van der Waals surface area contributed by atoms with Gasteiger partial charge in [0.15, 0.2) is 0 Å². The lowest BCUT2D eigenvalue weighted by Gasteiger charge is -2.33. The van der Waals surface area contributed by atoms with Crippen molar-refractivity contribution in [1.82, 2.24) is 5.43 Å². The number of nitrogens with zero attached hydrogens (tertiary/aromatic N) is 3. The van der Waals surface area contributed by atoms with Gasteiger partial charge in [0.1, 0.15) is 0 Å². The maximum Gasteiger partial charge on any atom is 0.271 e. The first-order valence-corrected chi connectivity index (χ1v) is 9.96. The molecular weight excluding hydrogens is 384 g/mol. The third-order valence-electron chi connectivity index (χ3n) is 4.54. The van der Waals surface area contributed by atoms with Crippen molar-refractivity contribution in [3.8, 4) is 0 Å². The van der Waals surface area contributed by atoms with Crippen molar-refractivity contribution in [1.29, 1.82) is 0 Å². The van der Waals surface area contributed by atoms with Crippen LogP contribution in [0.15, 0.2) is 126 Å². The molecule has 0 fully saturated rings. The van der Waals surface area contributed by atoms with Gasteiger partial charge in [0.05, 0.1) is 17.6 Å². The first-order chi connectivity index (χ1) is 15.3. The molecule has 0 aliphatic carbocycles. The Morgan fingerprint density at radius 3 is 1.71 bits per heavy atom. The number of hydrazine groups is 2. The number of hydrazone groups is 1. The van der Waals surface area contributed by atoms with E-state index in [0.29, 0.717) is 5.56 Å². The highest BCUT2D eigenvalue weighted by molar-refractivity contribution is 5.95. The summed E-state index contributed by atoms with van der Waals surface area (Å²) in [6, 6.07) is 38.2. The summed E-state index contributed by atoms with van der Waals surface area (Å²) in [4.78, 5) is 13.0. The second kappa shape index (κ2) is 9.89. The van der Waals surface area contributed by atoms with Crippen molar-refractivity contribution >= 4 is 23.5 Å². The predicted molar refractivity (Wildman–Crippen MR) is 126 cm³/mol. The number of anilines is 2. The Labute approximate surface area is 181 Å².